The molecule has 1 aliphatic heterocycles. The second kappa shape index (κ2) is 9.33. The third-order valence-corrected chi connectivity index (χ3v) is 5.05. The normalized spacial score (nSPS) is 15.3. The highest BCUT2D eigenvalue weighted by Crippen LogP contribution is 2.17. The van der Waals surface area contributed by atoms with E-state index < -0.39 is 0 Å². The maximum absolute atomic E-state index is 12.6. The van der Waals surface area contributed by atoms with Gasteiger partial charge in [0.15, 0.2) is 0 Å². The first-order chi connectivity index (χ1) is 13.1. The zero-order valence-corrected chi connectivity index (χ0v) is 15.8. The van der Waals surface area contributed by atoms with E-state index in [0.29, 0.717) is 23.4 Å². The number of anilines is 1. The summed E-state index contributed by atoms with van der Waals surface area (Å²) in [5, 5.41) is 5.82. The monoisotopic (exact) mass is 365 g/mol. The number of hydrogen-bond donors (Lipinski definition) is 2. The molecule has 142 valence electrons. The molecular weight excluding hydrogens is 338 g/mol. The topological polar surface area (TPSA) is 61.4 Å². The Bertz CT molecular complexity index is 768. The van der Waals surface area contributed by atoms with Crippen molar-refractivity contribution in [1.29, 1.82) is 0 Å². The predicted molar refractivity (Wildman–Crippen MR) is 108 cm³/mol. The summed E-state index contributed by atoms with van der Waals surface area (Å²) in [5.41, 5.74) is 1.57. The molecule has 1 heterocycles. The van der Waals surface area contributed by atoms with Gasteiger partial charge in [-0.3, -0.25) is 9.59 Å². The molecule has 5 nitrogen and oxygen atoms in total. The molecule has 0 aliphatic carbocycles. The molecule has 1 aliphatic rings. The van der Waals surface area contributed by atoms with Gasteiger partial charge in [-0.15, -0.1) is 0 Å². The standard InChI is InChI=1S/C22H27N3O2/c1-17-11-14-25(15-12-17)16-13-23-22(27)19-9-5-6-10-20(19)24-21(26)18-7-3-2-4-8-18/h2-10,17H,11-16H2,1H3,(H,23,27)(H,24,26). The molecule has 0 atom stereocenters. The number of piperidine rings is 1. The summed E-state index contributed by atoms with van der Waals surface area (Å²) >= 11 is 0. The van der Waals surface area contributed by atoms with Crippen LogP contribution in [0.15, 0.2) is 54.6 Å². The van der Waals surface area contributed by atoms with Crippen molar-refractivity contribution >= 4 is 17.5 Å². The maximum atomic E-state index is 12.6. The van der Waals surface area contributed by atoms with Crippen LogP contribution in [0.3, 0.4) is 0 Å². The minimum atomic E-state index is -0.224. The van der Waals surface area contributed by atoms with Crippen LogP contribution in [0, 0.1) is 5.92 Å². The number of nitrogens with zero attached hydrogens (tertiary/aromatic N) is 1. The van der Waals surface area contributed by atoms with Crippen LogP contribution in [0.2, 0.25) is 0 Å². The second-order valence-electron chi connectivity index (χ2n) is 7.15. The van der Waals surface area contributed by atoms with Crippen LogP contribution in [-0.2, 0) is 0 Å². The molecule has 3 rings (SSSR count). The van der Waals surface area contributed by atoms with Crippen molar-refractivity contribution in [2.24, 2.45) is 5.92 Å². The van der Waals surface area contributed by atoms with Gasteiger partial charge < -0.3 is 15.5 Å². The third kappa shape index (κ3) is 5.41. The van der Waals surface area contributed by atoms with Crippen LogP contribution in [-0.4, -0.2) is 42.9 Å². The van der Waals surface area contributed by atoms with Gasteiger partial charge in [-0.2, -0.15) is 0 Å². The smallest absolute Gasteiger partial charge is 0.255 e. The molecule has 0 unspecified atom stereocenters. The highest BCUT2D eigenvalue weighted by Gasteiger charge is 2.17. The van der Waals surface area contributed by atoms with Crippen molar-refractivity contribution in [1.82, 2.24) is 10.2 Å². The summed E-state index contributed by atoms with van der Waals surface area (Å²) in [6.07, 6.45) is 2.45. The van der Waals surface area contributed by atoms with E-state index in [0.717, 1.165) is 25.6 Å². The maximum Gasteiger partial charge on any atom is 0.255 e. The number of para-hydroxylation sites is 1. The average molecular weight is 365 g/mol. The van der Waals surface area contributed by atoms with Crippen molar-refractivity contribution in [3.05, 3.63) is 65.7 Å². The Balaban J connectivity index is 1.56. The van der Waals surface area contributed by atoms with Gasteiger partial charge in [-0.05, 0) is 56.1 Å². The van der Waals surface area contributed by atoms with E-state index >= 15 is 0 Å². The molecule has 2 N–H and O–H groups in total. The fourth-order valence-electron chi connectivity index (χ4n) is 3.28. The van der Waals surface area contributed by atoms with E-state index in [4.69, 9.17) is 0 Å². The fraction of sp³-hybridized carbons (Fsp3) is 0.364. The van der Waals surface area contributed by atoms with E-state index in [9.17, 15) is 9.59 Å². The summed E-state index contributed by atoms with van der Waals surface area (Å²) in [5.74, 6) is 0.415. The Kier molecular flexibility index (Phi) is 6.60. The van der Waals surface area contributed by atoms with Crippen LogP contribution in [0.1, 0.15) is 40.5 Å². The Morgan fingerprint density at radius 2 is 1.63 bits per heavy atom. The van der Waals surface area contributed by atoms with Gasteiger partial charge in [0.2, 0.25) is 0 Å². The molecule has 1 fully saturated rings. The Morgan fingerprint density at radius 3 is 2.37 bits per heavy atom. The number of carbonyl (C=O) groups excluding carboxylic acids is 2. The molecule has 0 aromatic heterocycles. The number of amides is 2. The zero-order valence-electron chi connectivity index (χ0n) is 15.8. The first-order valence-corrected chi connectivity index (χ1v) is 9.59. The molecule has 5 heteroatoms. The zero-order chi connectivity index (χ0) is 19.1. The number of hydrogen-bond acceptors (Lipinski definition) is 3. The van der Waals surface area contributed by atoms with Crippen LogP contribution in [0.5, 0.6) is 0 Å². The number of benzene rings is 2. The van der Waals surface area contributed by atoms with Crippen LogP contribution >= 0.6 is 0 Å². The van der Waals surface area contributed by atoms with Crippen LogP contribution < -0.4 is 10.6 Å². The lowest BCUT2D eigenvalue weighted by Gasteiger charge is -2.30. The summed E-state index contributed by atoms with van der Waals surface area (Å²) in [6.45, 7) is 5.95. The lowest BCUT2D eigenvalue weighted by molar-refractivity contribution is 0.0945. The van der Waals surface area contributed by atoms with Crippen LogP contribution in [0.4, 0.5) is 5.69 Å². The number of rotatable bonds is 6. The van der Waals surface area contributed by atoms with E-state index in [1.54, 1.807) is 30.3 Å². The summed E-state index contributed by atoms with van der Waals surface area (Å²) < 4.78 is 0. The van der Waals surface area contributed by atoms with Crippen LogP contribution in [0.25, 0.3) is 0 Å². The van der Waals surface area contributed by atoms with Gasteiger partial charge in [0.1, 0.15) is 0 Å². The largest absolute Gasteiger partial charge is 0.351 e. The van der Waals surface area contributed by atoms with Crippen molar-refractivity contribution in [2.75, 3.05) is 31.5 Å². The van der Waals surface area contributed by atoms with E-state index in [2.05, 4.69) is 22.5 Å². The predicted octanol–water partition coefficient (Wildman–Crippen LogP) is 3.40. The van der Waals surface area contributed by atoms with Crippen molar-refractivity contribution in [2.45, 2.75) is 19.8 Å². The van der Waals surface area contributed by atoms with Gasteiger partial charge in [0.25, 0.3) is 11.8 Å². The quantitative estimate of drug-likeness (QED) is 0.825. The lowest BCUT2D eigenvalue weighted by atomic mass is 9.99. The molecule has 0 radical (unpaired) electrons. The number of likely N-dealkylation sites (tertiary alicyclic amines) is 1. The number of carbonyl (C=O) groups is 2. The Hall–Kier alpha value is -2.66. The number of nitrogens with one attached hydrogen (secondary N) is 2. The van der Waals surface area contributed by atoms with Crippen molar-refractivity contribution in [3.8, 4) is 0 Å². The van der Waals surface area contributed by atoms with Crippen molar-refractivity contribution < 1.29 is 9.59 Å². The van der Waals surface area contributed by atoms with E-state index in [-0.39, 0.29) is 11.8 Å². The molecule has 0 saturated carbocycles. The van der Waals surface area contributed by atoms with Gasteiger partial charge in [-0.1, -0.05) is 37.3 Å². The molecule has 0 bridgehead atoms. The fourth-order valence-corrected chi connectivity index (χ4v) is 3.28. The molecule has 2 aromatic carbocycles. The minimum absolute atomic E-state index is 0.163. The third-order valence-electron chi connectivity index (χ3n) is 5.05. The molecule has 2 aromatic rings. The van der Waals surface area contributed by atoms with E-state index in [1.807, 2.05) is 24.3 Å². The second-order valence-corrected chi connectivity index (χ2v) is 7.15. The SMILES string of the molecule is CC1CCN(CCNC(=O)c2ccccc2NC(=O)c2ccccc2)CC1. The van der Waals surface area contributed by atoms with E-state index in [1.165, 1.54) is 12.8 Å². The summed E-state index contributed by atoms with van der Waals surface area (Å²) in [7, 11) is 0. The Labute approximate surface area is 160 Å². The van der Waals surface area contributed by atoms with Gasteiger partial charge in [-0.25, -0.2) is 0 Å². The van der Waals surface area contributed by atoms with Gasteiger partial charge in [0.05, 0.1) is 11.3 Å². The van der Waals surface area contributed by atoms with Gasteiger partial charge in [0, 0.05) is 18.7 Å². The minimum Gasteiger partial charge on any atom is -0.351 e. The lowest BCUT2D eigenvalue weighted by Crippen LogP contribution is -2.39. The molecule has 2 amide bonds. The first-order valence-electron chi connectivity index (χ1n) is 9.59. The molecular formula is C22H27N3O2. The molecule has 0 spiro atoms. The highest BCUT2D eigenvalue weighted by atomic mass is 16.2. The summed E-state index contributed by atoms with van der Waals surface area (Å²) in [4.78, 5) is 27.4. The first kappa shape index (κ1) is 19.1. The molecule has 1 saturated heterocycles. The van der Waals surface area contributed by atoms with Gasteiger partial charge >= 0.3 is 0 Å². The molecule has 27 heavy (non-hydrogen) atoms. The highest BCUT2D eigenvalue weighted by molar-refractivity contribution is 6.08. The van der Waals surface area contributed by atoms with Crippen molar-refractivity contribution in [3.63, 3.8) is 0 Å². The Morgan fingerprint density at radius 1 is 0.963 bits per heavy atom. The average Bonchev–Trinajstić information content (AvgIpc) is 2.70. The summed E-state index contributed by atoms with van der Waals surface area (Å²) in [6, 6.07) is 16.1.